The number of hydrogen-bond donors (Lipinski definition) is 1. The summed E-state index contributed by atoms with van der Waals surface area (Å²) in [5.74, 6) is -0.315. The van der Waals surface area contributed by atoms with Crippen LogP contribution in [0.1, 0.15) is 11.1 Å². The molecule has 21 heavy (non-hydrogen) atoms. The number of aliphatic hydroxyl groups is 1. The lowest BCUT2D eigenvalue weighted by Crippen LogP contribution is -2.10. The highest BCUT2D eigenvalue weighted by molar-refractivity contribution is 6.35. The summed E-state index contributed by atoms with van der Waals surface area (Å²) in [6.07, 6.45) is 10.5. The molecule has 0 aliphatic heterocycles. The van der Waals surface area contributed by atoms with Crippen LogP contribution in [0.4, 0.5) is 8.63 Å². The van der Waals surface area contributed by atoms with Gasteiger partial charge in [0.05, 0.1) is 5.56 Å². The Kier molecular flexibility index (Phi) is 4.86. The van der Waals surface area contributed by atoms with Gasteiger partial charge in [-0.2, -0.15) is 0 Å². The smallest absolute Gasteiger partial charge is 0.507 e. The van der Waals surface area contributed by atoms with Crippen molar-refractivity contribution in [3.63, 3.8) is 0 Å². The van der Waals surface area contributed by atoms with Crippen molar-refractivity contribution in [2.75, 3.05) is 0 Å². The van der Waals surface area contributed by atoms with E-state index in [-0.39, 0.29) is 17.1 Å². The van der Waals surface area contributed by atoms with Crippen LogP contribution in [0.15, 0.2) is 54.2 Å². The third kappa shape index (κ3) is 3.98. The quantitative estimate of drug-likeness (QED) is 0.633. The predicted molar refractivity (Wildman–Crippen MR) is 81.8 cm³/mol. The van der Waals surface area contributed by atoms with Gasteiger partial charge in [-0.05, 0) is 36.3 Å². The normalized spacial score (nSPS) is 13.7. The summed E-state index contributed by atoms with van der Waals surface area (Å²) in [5.41, 5.74) is 1.59. The molecule has 0 fully saturated rings. The monoisotopic (exact) mass is 308 g/mol. The number of halogens is 3. The van der Waals surface area contributed by atoms with Crippen LogP contribution >= 0.6 is 11.6 Å². The highest BCUT2D eigenvalue weighted by Crippen LogP contribution is 2.31. The van der Waals surface area contributed by atoms with E-state index in [1.54, 1.807) is 13.0 Å². The maximum atomic E-state index is 12.4. The van der Waals surface area contributed by atoms with Gasteiger partial charge >= 0.3 is 7.47 Å². The van der Waals surface area contributed by atoms with Crippen molar-refractivity contribution < 1.29 is 18.4 Å². The van der Waals surface area contributed by atoms with Gasteiger partial charge in [-0.1, -0.05) is 42.0 Å². The third-order valence-electron chi connectivity index (χ3n) is 2.87. The molecule has 0 unspecified atom stereocenters. The molecule has 0 amide bonds. The van der Waals surface area contributed by atoms with Crippen molar-refractivity contribution in [3.8, 4) is 5.75 Å². The molecule has 1 aromatic carbocycles. The first-order chi connectivity index (χ1) is 9.97. The van der Waals surface area contributed by atoms with Gasteiger partial charge in [0, 0.05) is 5.02 Å². The first-order valence-corrected chi connectivity index (χ1v) is 6.56. The van der Waals surface area contributed by atoms with Gasteiger partial charge in [0.2, 0.25) is 0 Å². The summed E-state index contributed by atoms with van der Waals surface area (Å²) in [6.45, 7) is 1.67. The number of hydrogen-bond acceptors (Lipinski definition) is 2. The molecule has 1 aliphatic rings. The summed E-state index contributed by atoms with van der Waals surface area (Å²) in [4.78, 5) is 0. The van der Waals surface area contributed by atoms with Crippen LogP contribution in [0, 0.1) is 6.92 Å². The van der Waals surface area contributed by atoms with E-state index in [0.717, 1.165) is 5.57 Å². The average Bonchev–Trinajstić information content (AvgIpc) is 2.92. The summed E-state index contributed by atoms with van der Waals surface area (Å²) < 4.78 is 29.3. The molecule has 1 N–H and O–H groups in total. The molecular formula is C15H12BClF2O2. The van der Waals surface area contributed by atoms with Crippen LogP contribution in [-0.2, 0) is 0 Å². The average molecular weight is 309 g/mol. The van der Waals surface area contributed by atoms with Crippen LogP contribution in [0.25, 0.3) is 5.76 Å². The van der Waals surface area contributed by atoms with Crippen molar-refractivity contribution >= 4 is 24.8 Å². The fourth-order valence-electron chi connectivity index (χ4n) is 1.81. The van der Waals surface area contributed by atoms with Crippen LogP contribution in [0.2, 0.25) is 5.02 Å². The zero-order chi connectivity index (χ0) is 15.4. The molecule has 0 bridgehead atoms. The van der Waals surface area contributed by atoms with E-state index >= 15 is 0 Å². The second-order valence-corrected chi connectivity index (χ2v) is 4.82. The minimum Gasteiger partial charge on any atom is -0.507 e. The first-order valence-electron chi connectivity index (χ1n) is 6.18. The van der Waals surface area contributed by atoms with E-state index in [0.29, 0.717) is 10.6 Å². The predicted octanol–water partition coefficient (Wildman–Crippen LogP) is 4.90. The summed E-state index contributed by atoms with van der Waals surface area (Å²) in [7, 11) is -2.98. The number of allylic oxidation sites excluding steroid dienone is 7. The van der Waals surface area contributed by atoms with E-state index in [1.807, 2.05) is 24.3 Å². The van der Waals surface area contributed by atoms with E-state index in [2.05, 4.69) is 4.65 Å². The molecule has 0 spiro atoms. The zero-order valence-corrected chi connectivity index (χ0v) is 11.9. The lowest BCUT2D eigenvalue weighted by Gasteiger charge is -2.11. The molecule has 6 heteroatoms. The fourth-order valence-corrected chi connectivity index (χ4v) is 1.98. The molecule has 0 heterocycles. The minimum absolute atomic E-state index is 0.114. The van der Waals surface area contributed by atoms with E-state index in [9.17, 15) is 13.7 Å². The highest BCUT2D eigenvalue weighted by atomic mass is 35.5. The van der Waals surface area contributed by atoms with Crippen molar-refractivity contribution in [3.05, 3.63) is 70.3 Å². The van der Waals surface area contributed by atoms with Gasteiger partial charge in [-0.25, -0.2) is 8.63 Å². The van der Waals surface area contributed by atoms with Gasteiger partial charge in [-0.3, -0.25) is 0 Å². The minimum atomic E-state index is -2.98. The largest absolute Gasteiger partial charge is 0.796 e. The lowest BCUT2D eigenvalue weighted by atomic mass is 10.1. The van der Waals surface area contributed by atoms with Crippen molar-refractivity contribution in [1.29, 1.82) is 0 Å². The van der Waals surface area contributed by atoms with Crippen molar-refractivity contribution in [2.24, 2.45) is 0 Å². The second kappa shape index (κ2) is 6.63. The topological polar surface area (TPSA) is 29.5 Å². The van der Waals surface area contributed by atoms with Gasteiger partial charge < -0.3 is 9.76 Å². The number of benzene rings is 1. The van der Waals surface area contributed by atoms with Gasteiger partial charge in [0.15, 0.2) is 0 Å². The Hall–Kier alpha value is -2.01. The number of aliphatic hydroxyl groups excluding tert-OH is 1. The highest BCUT2D eigenvalue weighted by Gasteiger charge is 2.21. The zero-order valence-electron chi connectivity index (χ0n) is 11.2. The van der Waals surface area contributed by atoms with Crippen LogP contribution in [-0.4, -0.2) is 12.6 Å². The molecule has 1 aromatic rings. The Labute approximate surface area is 126 Å². The van der Waals surface area contributed by atoms with Crippen LogP contribution in [0.3, 0.4) is 0 Å². The Morgan fingerprint density at radius 3 is 2.57 bits per heavy atom. The number of aryl methyl sites for hydroxylation is 1. The Bertz CT molecular complexity index is 650. The van der Waals surface area contributed by atoms with Crippen molar-refractivity contribution in [1.82, 2.24) is 0 Å². The SMILES string of the molecule is Cc1cc(OB(F)F)c(C(O)=CC=C2C=CC=C2)cc1Cl. The molecule has 0 aromatic heterocycles. The third-order valence-corrected chi connectivity index (χ3v) is 3.28. The summed E-state index contributed by atoms with van der Waals surface area (Å²) >= 11 is 5.97. The summed E-state index contributed by atoms with van der Waals surface area (Å²) in [5, 5.41) is 10.4. The van der Waals surface area contributed by atoms with Gasteiger partial charge in [-0.15, -0.1) is 0 Å². The van der Waals surface area contributed by atoms with Gasteiger partial charge in [0.1, 0.15) is 11.5 Å². The van der Waals surface area contributed by atoms with Crippen LogP contribution in [0.5, 0.6) is 5.75 Å². The van der Waals surface area contributed by atoms with Gasteiger partial charge in [0.25, 0.3) is 0 Å². The van der Waals surface area contributed by atoms with E-state index in [1.165, 1.54) is 18.2 Å². The maximum Gasteiger partial charge on any atom is 0.796 e. The Morgan fingerprint density at radius 2 is 1.95 bits per heavy atom. The number of rotatable bonds is 4. The molecule has 0 radical (unpaired) electrons. The molecule has 0 atom stereocenters. The van der Waals surface area contributed by atoms with E-state index in [4.69, 9.17) is 11.6 Å². The standard InChI is InChI=1S/C15H12BClF2O2/c1-10-8-15(21-16(18)19)12(9-13(10)17)14(20)7-6-11-4-2-3-5-11/h2-9,20H,1H3. The van der Waals surface area contributed by atoms with Crippen molar-refractivity contribution in [2.45, 2.75) is 6.92 Å². The fraction of sp³-hybridized carbons (Fsp3) is 0.0667. The summed E-state index contributed by atoms with van der Waals surface area (Å²) in [6, 6.07) is 2.77. The van der Waals surface area contributed by atoms with Crippen LogP contribution < -0.4 is 4.65 Å². The molecule has 2 nitrogen and oxygen atoms in total. The molecule has 1 aliphatic carbocycles. The maximum absolute atomic E-state index is 12.4. The molecular weight excluding hydrogens is 296 g/mol. The molecule has 0 saturated heterocycles. The second-order valence-electron chi connectivity index (χ2n) is 4.41. The first kappa shape index (κ1) is 15.4. The Balaban J connectivity index is 2.38. The molecule has 108 valence electrons. The lowest BCUT2D eigenvalue weighted by molar-refractivity contribution is 0.421. The molecule has 2 rings (SSSR count). The van der Waals surface area contributed by atoms with E-state index < -0.39 is 7.47 Å². The Morgan fingerprint density at radius 1 is 1.29 bits per heavy atom. The molecule has 0 saturated carbocycles.